The topological polar surface area (TPSA) is 63.2 Å². The van der Waals surface area contributed by atoms with Gasteiger partial charge in [-0.05, 0) is 37.1 Å². The SMILES string of the molecule is Cc1cc(NC(=O)C2CCS(=O)(=O)C2)ccc1Br. The molecule has 0 radical (unpaired) electrons. The van der Waals surface area contributed by atoms with E-state index in [1.54, 1.807) is 6.07 Å². The minimum absolute atomic E-state index is 0.0334. The Morgan fingerprint density at radius 1 is 1.44 bits per heavy atom. The van der Waals surface area contributed by atoms with Crippen molar-refractivity contribution in [3.63, 3.8) is 0 Å². The number of amides is 1. The fourth-order valence-corrected chi connectivity index (χ4v) is 3.96. The number of aryl methyl sites for hydroxylation is 1. The van der Waals surface area contributed by atoms with E-state index in [-0.39, 0.29) is 17.4 Å². The van der Waals surface area contributed by atoms with Crippen molar-refractivity contribution in [1.29, 1.82) is 0 Å². The molecule has 1 aromatic carbocycles. The number of sulfone groups is 1. The molecule has 1 amide bonds. The maximum atomic E-state index is 11.9. The number of hydrogen-bond donors (Lipinski definition) is 1. The summed E-state index contributed by atoms with van der Waals surface area (Å²) in [5.41, 5.74) is 1.72. The number of carbonyl (C=O) groups excluding carboxylic acids is 1. The molecule has 0 bridgehead atoms. The zero-order chi connectivity index (χ0) is 13.3. The molecule has 98 valence electrons. The van der Waals surface area contributed by atoms with Crippen molar-refractivity contribution < 1.29 is 13.2 Å². The van der Waals surface area contributed by atoms with Crippen LogP contribution in [0.1, 0.15) is 12.0 Å². The van der Waals surface area contributed by atoms with Gasteiger partial charge in [-0.1, -0.05) is 15.9 Å². The highest BCUT2D eigenvalue weighted by Gasteiger charge is 2.32. The second kappa shape index (κ2) is 5.01. The van der Waals surface area contributed by atoms with Crippen LogP contribution in [0.15, 0.2) is 22.7 Å². The Morgan fingerprint density at radius 3 is 2.72 bits per heavy atom. The van der Waals surface area contributed by atoms with Gasteiger partial charge in [-0.25, -0.2) is 8.42 Å². The molecule has 0 spiro atoms. The molecule has 1 saturated heterocycles. The summed E-state index contributed by atoms with van der Waals surface area (Å²) in [4.78, 5) is 11.9. The van der Waals surface area contributed by atoms with Gasteiger partial charge < -0.3 is 5.32 Å². The summed E-state index contributed by atoms with van der Waals surface area (Å²) in [7, 11) is -3.02. The summed E-state index contributed by atoms with van der Waals surface area (Å²) < 4.78 is 23.6. The summed E-state index contributed by atoms with van der Waals surface area (Å²) in [5, 5.41) is 2.77. The van der Waals surface area contributed by atoms with E-state index in [9.17, 15) is 13.2 Å². The normalized spacial score (nSPS) is 21.8. The van der Waals surface area contributed by atoms with Crippen LogP contribution < -0.4 is 5.32 Å². The Labute approximate surface area is 115 Å². The second-order valence-corrected chi connectivity index (χ2v) is 7.64. The van der Waals surface area contributed by atoms with E-state index < -0.39 is 15.8 Å². The maximum absolute atomic E-state index is 11.9. The zero-order valence-electron chi connectivity index (χ0n) is 9.94. The summed E-state index contributed by atoms with van der Waals surface area (Å²) in [6, 6.07) is 5.50. The molecule has 2 rings (SSSR count). The lowest BCUT2D eigenvalue weighted by Crippen LogP contribution is -2.23. The summed E-state index contributed by atoms with van der Waals surface area (Å²) >= 11 is 3.38. The van der Waals surface area contributed by atoms with Crippen LogP contribution in [-0.4, -0.2) is 25.8 Å². The molecule has 1 fully saturated rings. The summed E-state index contributed by atoms with van der Waals surface area (Å²) in [6.45, 7) is 1.93. The van der Waals surface area contributed by atoms with E-state index >= 15 is 0 Å². The van der Waals surface area contributed by atoms with Crippen molar-refractivity contribution in [3.8, 4) is 0 Å². The molecule has 0 aliphatic carbocycles. The quantitative estimate of drug-likeness (QED) is 0.902. The van der Waals surface area contributed by atoms with Gasteiger partial charge in [-0.3, -0.25) is 4.79 Å². The lowest BCUT2D eigenvalue weighted by molar-refractivity contribution is -0.119. The number of carbonyl (C=O) groups is 1. The van der Waals surface area contributed by atoms with Gasteiger partial charge >= 0.3 is 0 Å². The van der Waals surface area contributed by atoms with Crippen LogP contribution in [0, 0.1) is 12.8 Å². The van der Waals surface area contributed by atoms with Gasteiger partial charge in [0.1, 0.15) is 0 Å². The molecule has 0 saturated carbocycles. The highest BCUT2D eigenvalue weighted by molar-refractivity contribution is 9.10. The Hall–Kier alpha value is -0.880. The van der Waals surface area contributed by atoms with Gasteiger partial charge in [0.25, 0.3) is 0 Å². The Morgan fingerprint density at radius 2 is 2.17 bits per heavy atom. The Bertz CT molecular complexity index is 583. The molecule has 1 aromatic rings. The number of anilines is 1. The van der Waals surface area contributed by atoms with Crippen LogP contribution >= 0.6 is 15.9 Å². The van der Waals surface area contributed by atoms with Gasteiger partial charge in [0.05, 0.1) is 17.4 Å². The minimum atomic E-state index is -3.02. The maximum Gasteiger partial charge on any atom is 0.228 e. The average Bonchev–Trinajstić information content (AvgIpc) is 2.64. The van der Waals surface area contributed by atoms with Crippen molar-refractivity contribution in [2.24, 2.45) is 5.92 Å². The highest BCUT2D eigenvalue weighted by Crippen LogP contribution is 2.23. The van der Waals surface area contributed by atoms with Gasteiger partial charge in [0, 0.05) is 10.2 Å². The minimum Gasteiger partial charge on any atom is -0.326 e. The number of nitrogens with one attached hydrogen (secondary N) is 1. The van der Waals surface area contributed by atoms with E-state index in [1.165, 1.54) is 0 Å². The van der Waals surface area contributed by atoms with Crippen LogP contribution in [0.5, 0.6) is 0 Å². The Balaban J connectivity index is 2.06. The van der Waals surface area contributed by atoms with Gasteiger partial charge in [-0.2, -0.15) is 0 Å². The first-order valence-corrected chi connectivity index (χ1v) is 8.26. The predicted molar refractivity (Wildman–Crippen MR) is 74.3 cm³/mol. The molecule has 4 nitrogen and oxygen atoms in total. The van der Waals surface area contributed by atoms with E-state index in [1.807, 2.05) is 19.1 Å². The number of hydrogen-bond acceptors (Lipinski definition) is 3. The lowest BCUT2D eigenvalue weighted by Gasteiger charge is -2.10. The zero-order valence-corrected chi connectivity index (χ0v) is 12.3. The summed E-state index contributed by atoms with van der Waals surface area (Å²) in [6.07, 6.45) is 0.420. The number of benzene rings is 1. The molecule has 1 unspecified atom stereocenters. The van der Waals surface area contributed by atoms with Crippen molar-refractivity contribution in [1.82, 2.24) is 0 Å². The van der Waals surface area contributed by atoms with Crippen molar-refractivity contribution in [3.05, 3.63) is 28.2 Å². The standard InChI is InChI=1S/C12H14BrNO3S/c1-8-6-10(2-3-11(8)13)14-12(15)9-4-5-18(16,17)7-9/h2-3,6,9H,4-5,7H2,1H3,(H,14,15). The second-order valence-electron chi connectivity index (χ2n) is 4.55. The smallest absolute Gasteiger partial charge is 0.228 e. The number of rotatable bonds is 2. The largest absolute Gasteiger partial charge is 0.326 e. The van der Waals surface area contributed by atoms with Crippen molar-refractivity contribution >= 4 is 37.4 Å². The monoisotopic (exact) mass is 331 g/mol. The molecule has 1 aliphatic heterocycles. The molecular formula is C12H14BrNO3S. The van der Waals surface area contributed by atoms with Crippen LogP contribution in [0.3, 0.4) is 0 Å². The molecule has 1 aliphatic rings. The van der Waals surface area contributed by atoms with Crippen molar-refractivity contribution in [2.45, 2.75) is 13.3 Å². The van der Waals surface area contributed by atoms with Gasteiger partial charge in [0.2, 0.25) is 5.91 Å². The molecular weight excluding hydrogens is 318 g/mol. The van der Waals surface area contributed by atoms with Crippen LogP contribution in [0.2, 0.25) is 0 Å². The first-order chi connectivity index (χ1) is 8.37. The van der Waals surface area contributed by atoms with Gasteiger partial charge in [0.15, 0.2) is 9.84 Å². The first kappa shape index (κ1) is 13.5. The third kappa shape index (κ3) is 3.11. The highest BCUT2D eigenvalue weighted by atomic mass is 79.9. The van der Waals surface area contributed by atoms with Crippen LogP contribution in [0.4, 0.5) is 5.69 Å². The van der Waals surface area contributed by atoms with Gasteiger partial charge in [-0.15, -0.1) is 0 Å². The predicted octanol–water partition coefficient (Wildman–Crippen LogP) is 2.13. The van der Waals surface area contributed by atoms with Crippen molar-refractivity contribution in [2.75, 3.05) is 16.8 Å². The van der Waals surface area contributed by atoms with E-state index in [0.717, 1.165) is 10.0 Å². The van der Waals surface area contributed by atoms with Crippen LogP contribution in [-0.2, 0) is 14.6 Å². The molecule has 1 heterocycles. The Kier molecular flexibility index (Phi) is 3.77. The average molecular weight is 332 g/mol. The van der Waals surface area contributed by atoms with E-state index in [2.05, 4.69) is 21.2 Å². The third-order valence-electron chi connectivity index (χ3n) is 3.03. The van der Waals surface area contributed by atoms with Crippen LogP contribution in [0.25, 0.3) is 0 Å². The van der Waals surface area contributed by atoms with E-state index in [4.69, 9.17) is 0 Å². The molecule has 1 N–H and O–H groups in total. The molecule has 1 atom stereocenters. The molecule has 18 heavy (non-hydrogen) atoms. The number of halogens is 1. The summed E-state index contributed by atoms with van der Waals surface area (Å²) in [5.74, 6) is -0.546. The fourth-order valence-electron chi connectivity index (χ4n) is 1.97. The van der Waals surface area contributed by atoms with E-state index in [0.29, 0.717) is 12.1 Å². The molecule has 6 heteroatoms. The molecule has 0 aromatic heterocycles. The first-order valence-electron chi connectivity index (χ1n) is 5.65. The fraction of sp³-hybridized carbons (Fsp3) is 0.417. The third-order valence-corrected chi connectivity index (χ3v) is 5.69. The lowest BCUT2D eigenvalue weighted by atomic mass is 10.1.